The predicted octanol–water partition coefficient (Wildman–Crippen LogP) is 1.59. The van der Waals surface area contributed by atoms with Crippen LogP contribution in [0.2, 0.25) is 0 Å². The van der Waals surface area contributed by atoms with Crippen molar-refractivity contribution in [3.05, 3.63) is 46.8 Å². The van der Waals surface area contributed by atoms with Gasteiger partial charge in [-0.3, -0.25) is 14.4 Å². The number of amides is 3. The Morgan fingerprint density at radius 3 is 2.63 bits per heavy atom. The lowest BCUT2D eigenvalue weighted by Gasteiger charge is -2.18. The summed E-state index contributed by atoms with van der Waals surface area (Å²) in [6.45, 7) is 3.71. The second kappa shape index (κ2) is 7.12. The molecule has 2 aliphatic heterocycles. The highest BCUT2D eigenvalue weighted by atomic mass is 19.2. The first-order chi connectivity index (χ1) is 14.2. The van der Waals surface area contributed by atoms with Crippen LogP contribution in [-0.2, 0) is 11.8 Å². The third kappa shape index (κ3) is 3.17. The molecule has 0 aliphatic carbocycles. The summed E-state index contributed by atoms with van der Waals surface area (Å²) in [7, 11) is 1.61. The Kier molecular flexibility index (Phi) is 4.71. The molecule has 2 unspecified atom stereocenters. The Morgan fingerprint density at radius 1 is 1.23 bits per heavy atom. The summed E-state index contributed by atoms with van der Waals surface area (Å²) in [5.41, 5.74) is 0.883. The lowest BCUT2D eigenvalue weighted by atomic mass is 10.2. The standard InChI is InChI=1S/C20H20F2N4O4/c1-9-16-18(30-15-8-26(10(2)27)7-14(15)24-19(16)28)17(25(9)3)20(29)23-11-4-5-12(21)13(22)6-11/h4-6,14-15H,7-8H2,1-3H3,(H,23,29)(H,24,28). The number of benzene rings is 1. The van der Waals surface area contributed by atoms with Gasteiger partial charge in [-0.05, 0) is 19.1 Å². The maximum absolute atomic E-state index is 13.5. The normalized spacial score (nSPS) is 20.0. The van der Waals surface area contributed by atoms with E-state index in [-0.39, 0.29) is 35.1 Å². The molecule has 158 valence electrons. The predicted molar refractivity (Wildman–Crippen MR) is 102 cm³/mol. The van der Waals surface area contributed by atoms with Gasteiger partial charge in [0, 0.05) is 38.0 Å². The Balaban J connectivity index is 1.70. The van der Waals surface area contributed by atoms with Gasteiger partial charge in [-0.15, -0.1) is 0 Å². The molecule has 30 heavy (non-hydrogen) atoms. The van der Waals surface area contributed by atoms with Crippen LogP contribution in [0.5, 0.6) is 5.75 Å². The molecule has 3 heterocycles. The topological polar surface area (TPSA) is 92.7 Å². The quantitative estimate of drug-likeness (QED) is 0.775. The first-order valence-corrected chi connectivity index (χ1v) is 9.36. The molecule has 0 radical (unpaired) electrons. The van der Waals surface area contributed by atoms with Gasteiger partial charge < -0.3 is 24.8 Å². The van der Waals surface area contributed by atoms with E-state index >= 15 is 0 Å². The Morgan fingerprint density at radius 2 is 1.97 bits per heavy atom. The average Bonchev–Trinajstić information content (AvgIpc) is 3.13. The minimum atomic E-state index is -1.09. The summed E-state index contributed by atoms with van der Waals surface area (Å²) in [5, 5.41) is 5.38. The molecule has 2 aliphatic rings. The van der Waals surface area contributed by atoms with Crippen LogP contribution >= 0.6 is 0 Å². The van der Waals surface area contributed by atoms with Gasteiger partial charge in [-0.2, -0.15) is 0 Å². The molecular formula is C20H20F2N4O4. The number of hydrogen-bond donors (Lipinski definition) is 2. The van der Waals surface area contributed by atoms with E-state index in [2.05, 4.69) is 10.6 Å². The molecular weight excluding hydrogens is 398 g/mol. The first kappa shape index (κ1) is 19.9. The molecule has 2 atom stereocenters. The zero-order valence-electron chi connectivity index (χ0n) is 16.6. The number of ether oxygens (including phenoxy) is 1. The number of nitrogens with one attached hydrogen (secondary N) is 2. The lowest BCUT2D eigenvalue weighted by molar-refractivity contribution is -0.128. The molecule has 2 N–H and O–H groups in total. The van der Waals surface area contributed by atoms with Gasteiger partial charge in [0.1, 0.15) is 11.7 Å². The van der Waals surface area contributed by atoms with Crippen molar-refractivity contribution in [2.75, 3.05) is 18.4 Å². The molecule has 0 saturated carbocycles. The molecule has 0 bridgehead atoms. The van der Waals surface area contributed by atoms with Crippen LogP contribution < -0.4 is 15.4 Å². The number of carbonyl (C=O) groups is 3. The van der Waals surface area contributed by atoms with Gasteiger partial charge in [0.15, 0.2) is 23.1 Å². The van der Waals surface area contributed by atoms with Gasteiger partial charge in [0.25, 0.3) is 11.8 Å². The number of likely N-dealkylation sites (tertiary alicyclic amines) is 1. The lowest BCUT2D eigenvalue weighted by Crippen LogP contribution is -2.43. The fourth-order valence-corrected chi connectivity index (χ4v) is 3.85. The molecule has 1 aromatic heterocycles. The van der Waals surface area contributed by atoms with Crippen molar-refractivity contribution in [2.24, 2.45) is 7.05 Å². The van der Waals surface area contributed by atoms with E-state index in [1.54, 1.807) is 18.9 Å². The van der Waals surface area contributed by atoms with E-state index in [9.17, 15) is 23.2 Å². The number of anilines is 1. The molecule has 3 amide bonds. The molecule has 1 fully saturated rings. The number of rotatable bonds is 2. The van der Waals surface area contributed by atoms with E-state index in [0.29, 0.717) is 12.2 Å². The van der Waals surface area contributed by atoms with E-state index in [0.717, 1.165) is 12.1 Å². The summed E-state index contributed by atoms with van der Waals surface area (Å²) in [6, 6.07) is 2.61. The minimum absolute atomic E-state index is 0.0612. The van der Waals surface area contributed by atoms with Crippen molar-refractivity contribution in [3.8, 4) is 5.75 Å². The minimum Gasteiger partial charge on any atom is -0.483 e. The van der Waals surface area contributed by atoms with Crippen molar-refractivity contribution in [1.29, 1.82) is 0 Å². The number of carbonyl (C=O) groups excluding carboxylic acids is 3. The van der Waals surface area contributed by atoms with E-state index in [1.165, 1.54) is 17.6 Å². The SMILES string of the molecule is CC(=O)N1CC2NC(=O)c3c(c(C(=O)Nc4ccc(F)c(F)c4)n(C)c3C)OC2C1. The molecule has 10 heteroatoms. The Labute approximate surface area is 170 Å². The van der Waals surface area contributed by atoms with Crippen LogP contribution in [0.4, 0.5) is 14.5 Å². The number of nitrogens with zero attached hydrogens (tertiary/aromatic N) is 2. The third-order valence-corrected chi connectivity index (χ3v) is 5.56. The van der Waals surface area contributed by atoms with Gasteiger partial charge >= 0.3 is 0 Å². The zero-order valence-corrected chi connectivity index (χ0v) is 16.6. The highest BCUT2D eigenvalue weighted by Crippen LogP contribution is 2.35. The monoisotopic (exact) mass is 418 g/mol. The highest BCUT2D eigenvalue weighted by molar-refractivity contribution is 6.10. The van der Waals surface area contributed by atoms with Crippen LogP contribution in [0.25, 0.3) is 0 Å². The number of aromatic nitrogens is 1. The van der Waals surface area contributed by atoms with Gasteiger partial charge in [0.05, 0.1) is 12.6 Å². The number of hydrogen-bond acceptors (Lipinski definition) is 4. The summed E-state index contributed by atoms with van der Waals surface area (Å²) in [6.07, 6.45) is -0.518. The fraction of sp³-hybridized carbons (Fsp3) is 0.350. The maximum atomic E-state index is 13.5. The third-order valence-electron chi connectivity index (χ3n) is 5.56. The van der Waals surface area contributed by atoms with Crippen molar-refractivity contribution in [2.45, 2.75) is 26.0 Å². The van der Waals surface area contributed by atoms with Crippen LogP contribution in [-0.4, -0.2) is 52.4 Å². The second-order valence-electron chi connectivity index (χ2n) is 7.44. The molecule has 4 rings (SSSR count). The molecule has 1 aromatic carbocycles. The second-order valence-corrected chi connectivity index (χ2v) is 7.44. The summed E-state index contributed by atoms with van der Waals surface area (Å²) in [4.78, 5) is 39.1. The highest BCUT2D eigenvalue weighted by Gasteiger charge is 2.43. The van der Waals surface area contributed by atoms with Crippen LogP contribution in [0.3, 0.4) is 0 Å². The van der Waals surface area contributed by atoms with Crippen LogP contribution in [0, 0.1) is 18.6 Å². The molecule has 1 saturated heterocycles. The van der Waals surface area contributed by atoms with Crippen LogP contribution in [0.1, 0.15) is 33.5 Å². The van der Waals surface area contributed by atoms with Gasteiger partial charge in [-0.1, -0.05) is 0 Å². The molecule has 8 nitrogen and oxygen atoms in total. The van der Waals surface area contributed by atoms with Crippen molar-refractivity contribution in [1.82, 2.24) is 14.8 Å². The Hall–Kier alpha value is -3.43. The van der Waals surface area contributed by atoms with E-state index < -0.39 is 35.6 Å². The molecule has 0 spiro atoms. The maximum Gasteiger partial charge on any atom is 0.276 e. The van der Waals surface area contributed by atoms with Gasteiger partial charge in [0.2, 0.25) is 5.91 Å². The number of fused-ring (bicyclic) bond motifs is 2. The van der Waals surface area contributed by atoms with Crippen molar-refractivity contribution in [3.63, 3.8) is 0 Å². The summed E-state index contributed by atoms with van der Waals surface area (Å²) in [5.74, 6) is -3.20. The van der Waals surface area contributed by atoms with Crippen molar-refractivity contribution < 1.29 is 27.9 Å². The molecule has 2 aromatic rings. The summed E-state index contributed by atoms with van der Waals surface area (Å²) >= 11 is 0. The Bertz CT molecular complexity index is 1080. The van der Waals surface area contributed by atoms with E-state index in [4.69, 9.17) is 4.74 Å². The van der Waals surface area contributed by atoms with Crippen LogP contribution in [0.15, 0.2) is 18.2 Å². The smallest absolute Gasteiger partial charge is 0.276 e. The zero-order chi connectivity index (χ0) is 21.7. The van der Waals surface area contributed by atoms with E-state index in [1.807, 2.05) is 0 Å². The fourth-order valence-electron chi connectivity index (χ4n) is 3.85. The number of halogens is 2. The van der Waals surface area contributed by atoms with Crippen molar-refractivity contribution >= 4 is 23.4 Å². The van der Waals surface area contributed by atoms with Gasteiger partial charge in [-0.25, -0.2) is 8.78 Å². The summed E-state index contributed by atoms with van der Waals surface area (Å²) < 4.78 is 34.3. The average molecular weight is 418 g/mol. The largest absolute Gasteiger partial charge is 0.483 e. The first-order valence-electron chi connectivity index (χ1n) is 9.36.